The lowest BCUT2D eigenvalue weighted by Crippen LogP contribution is -1.89. The summed E-state index contributed by atoms with van der Waals surface area (Å²) in [6.07, 6.45) is 0. The van der Waals surface area contributed by atoms with E-state index >= 15 is 0 Å². The van der Waals surface area contributed by atoms with Crippen LogP contribution in [-0.2, 0) is 11.3 Å². The van der Waals surface area contributed by atoms with Gasteiger partial charge in [0, 0.05) is 12.7 Å². The average molecular weight is 181 g/mol. The minimum absolute atomic E-state index is 0.161. The quantitative estimate of drug-likeness (QED) is 0.727. The highest BCUT2D eigenvalue weighted by Gasteiger charge is 2.06. The van der Waals surface area contributed by atoms with Gasteiger partial charge in [-0.3, -0.25) is 0 Å². The van der Waals surface area contributed by atoms with Gasteiger partial charge in [0.15, 0.2) is 0 Å². The number of ether oxygens (including phenoxy) is 1. The van der Waals surface area contributed by atoms with Crippen molar-refractivity contribution in [1.82, 2.24) is 0 Å². The van der Waals surface area contributed by atoms with Crippen LogP contribution in [0, 0.1) is 11.8 Å². The Hall–Kier alpha value is -1.42. The third-order valence-corrected chi connectivity index (χ3v) is 1.77. The Morgan fingerprint density at radius 1 is 1.54 bits per heavy atom. The number of phenols is 1. The number of phenolic OH excluding ortho intramolecular Hbond substituents is 1. The molecule has 4 heteroatoms. The molecule has 0 aliphatic heterocycles. The lowest BCUT2D eigenvalue weighted by Gasteiger charge is -2.06. The second-order valence-corrected chi connectivity index (χ2v) is 2.79. The van der Waals surface area contributed by atoms with Crippen LogP contribution in [0.15, 0.2) is 17.3 Å². The third kappa shape index (κ3) is 2.03. The molecule has 13 heavy (non-hydrogen) atoms. The van der Waals surface area contributed by atoms with Crippen LogP contribution in [0.5, 0.6) is 5.75 Å². The fraction of sp³-hybridized carbons (Fsp3) is 0.333. The zero-order valence-electron chi connectivity index (χ0n) is 7.57. The fourth-order valence-corrected chi connectivity index (χ4v) is 1.15. The first-order chi connectivity index (χ1) is 6.19. The van der Waals surface area contributed by atoms with E-state index in [0.29, 0.717) is 16.8 Å². The Balaban J connectivity index is 3.16. The van der Waals surface area contributed by atoms with Crippen molar-refractivity contribution in [2.75, 3.05) is 7.11 Å². The average Bonchev–Trinajstić information content (AvgIpc) is 2.13. The van der Waals surface area contributed by atoms with Gasteiger partial charge in [-0.25, -0.2) is 0 Å². The van der Waals surface area contributed by atoms with Crippen LogP contribution in [0.25, 0.3) is 0 Å². The molecule has 0 amide bonds. The standard InChI is InChI=1S/C9H11NO3/c1-6-3-8(10-12)4-7(5-13-2)9(6)11/h3-4,11H,5H2,1-2H3. The molecule has 0 atom stereocenters. The number of rotatable bonds is 3. The molecular formula is C9H11NO3. The first kappa shape index (κ1) is 9.67. The van der Waals surface area contributed by atoms with Crippen LogP contribution in [-0.4, -0.2) is 12.2 Å². The number of hydrogen-bond acceptors (Lipinski definition) is 4. The Labute approximate surface area is 76.1 Å². The highest BCUT2D eigenvalue weighted by molar-refractivity contribution is 5.51. The fourth-order valence-electron chi connectivity index (χ4n) is 1.15. The highest BCUT2D eigenvalue weighted by atomic mass is 16.5. The van der Waals surface area contributed by atoms with Crippen LogP contribution < -0.4 is 0 Å². The third-order valence-electron chi connectivity index (χ3n) is 1.77. The topological polar surface area (TPSA) is 58.9 Å². The second-order valence-electron chi connectivity index (χ2n) is 2.79. The number of aryl methyl sites for hydroxylation is 1. The molecule has 0 aliphatic rings. The molecule has 70 valence electrons. The van der Waals surface area contributed by atoms with E-state index in [0.717, 1.165) is 0 Å². The van der Waals surface area contributed by atoms with Crippen molar-refractivity contribution in [3.05, 3.63) is 28.2 Å². The molecule has 0 heterocycles. The summed E-state index contributed by atoms with van der Waals surface area (Å²) in [7, 11) is 1.52. The van der Waals surface area contributed by atoms with Crippen molar-refractivity contribution >= 4 is 5.69 Å². The van der Waals surface area contributed by atoms with Crippen molar-refractivity contribution in [3.8, 4) is 5.75 Å². The van der Waals surface area contributed by atoms with Gasteiger partial charge in [0.2, 0.25) is 0 Å². The van der Waals surface area contributed by atoms with Gasteiger partial charge >= 0.3 is 0 Å². The number of hydrogen-bond donors (Lipinski definition) is 1. The number of aromatic hydroxyl groups is 1. The van der Waals surface area contributed by atoms with E-state index in [4.69, 9.17) is 4.74 Å². The van der Waals surface area contributed by atoms with E-state index in [9.17, 15) is 10.0 Å². The summed E-state index contributed by atoms with van der Waals surface area (Å²) < 4.78 is 4.86. The van der Waals surface area contributed by atoms with E-state index in [-0.39, 0.29) is 12.4 Å². The van der Waals surface area contributed by atoms with E-state index in [1.165, 1.54) is 19.2 Å². The molecule has 0 fully saturated rings. The summed E-state index contributed by atoms with van der Waals surface area (Å²) in [6.45, 7) is 1.99. The largest absolute Gasteiger partial charge is 0.507 e. The lowest BCUT2D eigenvalue weighted by molar-refractivity contribution is 0.182. The van der Waals surface area contributed by atoms with Crippen LogP contribution >= 0.6 is 0 Å². The molecule has 0 bridgehead atoms. The first-order valence-corrected chi connectivity index (χ1v) is 3.83. The van der Waals surface area contributed by atoms with Crippen LogP contribution in [0.4, 0.5) is 5.69 Å². The van der Waals surface area contributed by atoms with Gasteiger partial charge in [-0.05, 0) is 29.8 Å². The van der Waals surface area contributed by atoms with Crippen LogP contribution in [0.2, 0.25) is 0 Å². The van der Waals surface area contributed by atoms with E-state index in [1.807, 2.05) is 0 Å². The van der Waals surface area contributed by atoms with Gasteiger partial charge in [-0.2, -0.15) is 0 Å². The van der Waals surface area contributed by atoms with Crippen molar-refractivity contribution in [2.24, 2.45) is 5.18 Å². The summed E-state index contributed by atoms with van der Waals surface area (Å²) in [4.78, 5) is 10.3. The lowest BCUT2D eigenvalue weighted by atomic mass is 10.1. The van der Waals surface area contributed by atoms with Gasteiger partial charge in [0.25, 0.3) is 0 Å². The maximum absolute atomic E-state index is 10.3. The normalized spacial score (nSPS) is 10.0. The van der Waals surface area contributed by atoms with Gasteiger partial charge < -0.3 is 9.84 Å². The number of methoxy groups -OCH3 is 1. The predicted octanol–water partition coefficient (Wildman–Crippen LogP) is 2.24. The Morgan fingerprint density at radius 3 is 2.77 bits per heavy atom. The SMILES string of the molecule is COCc1cc(N=O)cc(C)c1O. The number of benzene rings is 1. The molecule has 1 aromatic carbocycles. The van der Waals surface area contributed by atoms with Crippen molar-refractivity contribution in [2.45, 2.75) is 13.5 Å². The maximum Gasteiger partial charge on any atom is 0.124 e. The van der Waals surface area contributed by atoms with Crippen LogP contribution in [0.1, 0.15) is 11.1 Å². The molecular weight excluding hydrogens is 170 g/mol. The molecule has 0 spiro atoms. The first-order valence-electron chi connectivity index (χ1n) is 3.83. The summed E-state index contributed by atoms with van der Waals surface area (Å²) >= 11 is 0. The van der Waals surface area contributed by atoms with Crippen molar-refractivity contribution in [1.29, 1.82) is 0 Å². The van der Waals surface area contributed by atoms with Gasteiger partial charge in [0.1, 0.15) is 11.4 Å². The minimum Gasteiger partial charge on any atom is -0.507 e. The highest BCUT2D eigenvalue weighted by Crippen LogP contribution is 2.28. The zero-order chi connectivity index (χ0) is 9.84. The van der Waals surface area contributed by atoms with Crippen LogP contribution in [0.3, 0.4) is 0 Å². The number of nitrogens with zero attached hydrogens (tertiary/aromatic N) is 1. The molecule has 0 aliphatic carbocycles. The van der Waals surface area contributed by atoms with E-state index < -0.39 is 0 Å². The van der Waals surface area contributed by atoms with Crippen molar-refractivity contribution in [3.63, 3.8) is 0 Å². The number of nitroso groups, excluding NO2 is 1. The van der Waals surface area contributed by atoms with E-state index in [2.05, 4.69) is 5.18 Å². The second kappa shape index (κ2) is 4.00. The zero-order valence-corrected chi connectivity index (χ0v) is 7.57. The molecule has 0 radical (unpaired) electrons. The minimum atomic E-state index is 0.161. The Morgan fingerprint density at radius 2 is 2.23 bits per heavy atom. The van der Waals surface area contributed by atoms with Gasteiger partial charge in [-0.1, -0.05) is 0 Å². The summed E-state index contributed by atoms with van der Waals surface area (Å²) in [5.74, 6) is 0.161. The summed E-state index contributed by atoms with van der Waals surface area (Å²) in [5.41, 5.74) is 1.52. The molecule has 0 unspecified atom stereocenters. The van der Waals surface area contributed by atoms with Gasteiger partial charge in [0.05, 0.1) is 6.61 Å². The Kier molecular flexibility index (Phi) is 2.97. The molecule has 1 aromatic rings. The van der Waals surface area contributed by atoms with Crippen molar-refractivity contribution < 1.29 is 9.84 Å². The molecule has 0 saturated heterocycles. The molecule has 1 N–H and O–H groups in total. The van der Waals surface area contributed by atoms with E-state index in [1.54, 1.807) is 6.92 Å². The monoisotopic (exact) mass is 181 g/mol. The molecule has 0 saturated carbocycles. The molecule has 1 rings (SSSR count). The molecule has 0 aromatic heterocycles. The summed E-state index contributed by atoms with van der Waals surface area (Å²) in [6, 6.07) is 3.04. The molecule has 4 nitrogen and oxygen atoms in total. The van der Waals surface area contributed by atoms with Gasteiger partial charge in [-0.15, -0.1) is 4.91 Å². The predicted molar refractivity (Wildman–Crippen MR) is 49.0 cm³/mol. The maximum atomic E-state index is 10.3. The Bertz CT molecular complexity index is 323. The summed E-state index contributed by atoms with van der Waals surface area (Å²) in [5, 5.41) is 12.3. The smallest absolute Gasteiger partial charge is 0.124 e.